The van der Waals surface area contributed by atoms with Gasteiger partial charge in [-0.25, -0.2) is 4.79 Å². The molecule has 0 saturated carbocycles. The quantitative estimate of drug-likeness (QED) is 0.747. The number of hydrogen-bond acceptors (Lipinski definition) is 5. The van der Waals surface area contributed by atoms with Gasteiger partial charge in [-0.05, 0) is 44.4 Å². The monoisotopic (exact) mass is 393 g/mol. The maximum atomic E-state index is 12.9. The molecule has 1 atom stereocenters. The van der Waals surface area contributed by atoms with Gasteiger partial charge in [0.2, 0.25) is 0 Å². The Kier molecular flexibility index (Phi) is 5.18. The number of benzene rings is 1. The van der Waals surface area contributed by atoms with Gasteiger partial charge in [-0.2, -0.15) is 0 Å². The van der Waals surface area contributed by atoms with E-state index in [1.54, 1.807) is 18.3 Å². The molecule has 2 aliphatic rings. The van der Waals surface area contributed by atoms with Crippen molar-refractivity contribution in [2.75, 3.05) is 6.61 Å². The summed E-state index contributed by atoms with van der Waals surface area (Å²) in [6, 6.07) is 14.3. The average Bonchev–Trinajstić information content (AvgIpc) is 3.18. The van der Waals surface area contributed by atoms with Crippen molar-refractivity contribution in [1.82, 2.24) is 5.32 Å². The second kappa shape index (κ2) is 7.76. The predicted octanol–water partition coefficient (Wildman–Crippen LogP) is 4.95. The van der Waals surface area contributed by atoms with Crippen molar-refractivity contribution in [1.29, 1.82) is 0 Å². The summed E-state index contributed by atoms with van der Waals surface area (Å²) in [7, 11) is 0. The molecule has 1 aliphatic carbocycles. The molecule has 0 unspecified atom stereocenters. The van der Waals surface area contributed by atoms with Crippen LogP contribution in [0.3, 0.4) is 0 Å². The number of carbonyl (C=O) groups is 2. The van der Waals surface area contributed by atoms with Gasteiger partial charge in [0.15, 0.2) is 5.78 Å². The maximum Gasteiger partial charge on any atom is 0.336 e. The lowest BCUT2D eigenvalue weighted by Crippen LogP contribution is -2.34. The lowest BCUT2D eigenvalue weighted by Gasteiger charge is -2.33. The predicted molar refractivity (Wildman–Crippen MR) is 111 cm³/mol. The standard InChI is InChI=1S/C23H23NO3S/c1-3-27-23(26)20-14(2)24-16-10-7-11-17(25)21(16)22(20)19-13-12-18(28-19)15-8-5-4-6-9-15/h4-6,8-9,12-13,22,24H,3,7,10-11H2,1-2H3/t22-/m0/s1. The number of ether oxygens (including phenoxy) is 1. The van der Waals surface area contributed by atoms with Gasteiger partial charge in [-0.3, -0.25) is 4.79 Å². The van der Waals surface area contributed by atoms with E-state index in [1.165, 1.54) is 0 Å². The minimum absolute atomic E-state index is 0.128. The van der Waals surface area contributed by atoms with Crippen LogP contribution in [-0.4, -0.2) is 18.4 Å². The Morgan fingerprint density at radius 1 is 1.18 bits per heavy atom. The first-order chi connectivity index (χ1) is 13.6. The molecule has 0 amide bonds. The van der Waals surface area contributed by atoms with Crippen molar-refractivity contribution in [3.63, 3.8) is 0 Å². The molecule has 1 N–H and O–H groups in total. The van der Waals surface area contributed by atoms with Crippen molar-refractivity contribution in [2.45, 2.75) is 39.0 Å². The topological polar surface area (TPSA) is 55.4 Å². The zero-order chi connectivity index (χ0) is 19.7. The highest BCUT2D eigenvalue weighted by Gasteiger charge is 2.39. The molecule has 0 saturated heterocycles. The van der Waals surface area contributed by atoms with Gasteiger partial charge in [0, 0.05) is 33.1 Å². The van der Waals surface area contributed by atoms with E-state index in [0.717, 1.165) is 45.1 Å². The minimum Gasteiger partial charge on any atom is -0.463 e. The molecule has 5 heteroatoms. The van der Waals surface area contributed by atoms with Crippen LogP contribution in [0.5, 0.6) is 0 Å². The maximum absolute atomic E-state index is 12.9. The third-order valence-corrected chi connectivity index (χ3v) is 6.44. The molecule has 0 radical (unpaired) electrons. The second-order valence-electron chi connectivity index (χ2n) is 7.05. The van der Waals surface area contributed by atoms with E-state index >= 15 is 0 Å². The number of allylic oxidation sites excluding steroid dienone is 3. The molecule has 0 fully saturated rings. The third-order valence-electron chi connectivity index (χ3n) is 5.24. The van der Waals surface area contributed by atoms with Gasteiger partial charge in [0.1, 0.15) is 0 Å². The Morgan fingerprint density at radius 2 is 1.96 bits per heavy atom. The van der Waals surface area contributed by atoms with Crippen molar-refractivity contribution < 1.29 is 14.3 Å². The number of Topliss-reactive ketones (excluding diaryl/α,β-unsaturated/α-hetero) is 1. The Labute approximate surface area is 168 Å². The lowest BCUT2D eigenvalue weighted by molar-refractivity contribution is -0.138. The van der Waals surface area contributed by atoms with E-state index in [1.807, 2.05) is 31.2 Å². The van der Waals surface area contributed by atoms with Crippen molar-refractivity contribution in [3.8, 4) is 10.4 Å². The summed E-state index contributed by atoms with van der Waals surface area (Å²) in [5, 5.41) is 3.32. The number of carbonyl (C=O) groups excluding carboxylic acids is 2. The molecule has 1 aliphatic heterocycles. The minimum atomic E-state index is -0.356. The van der Waals surface area contributed by atoms with Crippen LogP contribution in [0.2, 0.25) is 0 Å². The van der Waals surface area contributed by atoms with Gasteiger partial charge in [-0.1, -0.05) is 30.3 Å². The first-order valence-electron chi connectivity index (χ1n) is 9.66. The number of nitrogens with one attached hydrogen (secondary N) is 1. The number of rotatable bonds is 4. The summed E-state index contributed by atoms with van der Waals surface area (Å²) >= 11 is 1.64. The van der Waals surface area contributed by atoms with E-state index in [2.05, 4.69) is 23.5 Å². The summed E-state index contributed by atoms with van der Waals surface area (Å²) in [5.74, 6) is -0.578. The van der Waals surface area contributed by atoms with Crippen LogP contribution >= 0.6 is 11.3 Å². The fourth-order valence-electron chi connectivity index (χ4n) is 4.01. The molecule has 4 rings (SSSR count). The Morgan fingerprint density at radius 3 is 2.71 bits per heavy atom. The highest BCUT2D eigenvalue weighted by molar-refractivity contribution is 7.15. The summed E-state index contributed by atoms with van der Waals surface area (Å²) < 4.78 is 5.34. The number of thiophene rings is 1. The Bertz CT molecular complexity index is 984. The number of hydrogen-bond donors (Lipinski definition) is 1. The van der Waals surface area contributed by atoms with E-state index in [9.17, 15) is 9.59 Å². The smallest absolute Gasteiger partial charge is 0.336 e. The van der Waals surface area contributed by atoms with E-state index in [0.29, 0.717) is 18.6 Å². The molecule has 2 aromatic rings. The zero-order valence-electron chi connectivity index (χ0n) is 16.1. The molecule has 1 aromatic carbocycles. The second-order valence-corrected chi connectivity index (χ2v) is 8.17. The summed E-state index contributed by atoms with van der Waals surface area (Å²) in [5.41, 5.74) is 4.17. The Balaban J connectivity index is 1.82. The molecule has 0 bridgehead atoms. The van der Waals surface area contributed by atoms with Gasteiger partial charge in [-0.15, -0.1) is 11.3 Å². The highest BCUT2D eigenvalue weighted by Crippen LogP contribution is 2.45. The summed E-state index contributed by atoms with van der Waals surface area (Å²) in [6.07, 6.45) is 2.21. The molecule has 2 heterocycles. The van der Waals surface area contributed by atoms with Gasteiger partial charge in [0.25, 0.3) is 0 Å². The molecule has 4 nitrogen and oxygen atoms in total. The van der Waals surface area contributed by atoms with Crippen LogP contribution in [0.4, 0.5) is 0 Å². The van der Waals surface area contributed by atoms with Gasteiger partial charge in [0.05, 0.1) is 18.1 Å². The van der Waals surface area contributed by atoms with E-state index in [4.69, 9.17) is 4.74 Å². The fourth-order valence-corrected chi connectivity index (χ4v) is 5.15. The molecular formula is C23H23NO3S. The van der Waals surface area contributed by atoms with Crippen LogP contribution in [0.1, 0.15) is 43.9 Å². The number of dihydropyridines is 1. The summed E-state index contributed by atoms with van der Waals surface area (Å²) in [6.45, 7) is 4.00. The molecule has 28 heavy (non-hydrogen) atoms. The highest BCUT2D eigenvalue weighted by atomic mass is 32.1. The van der Waals surface area contributed by atoms with Crippen LogP contribution in [-0.2, 0) is 14.3 Å². The van der Waals surface area contributed by atoms with Gasteiger partial charge >= 0.3 is 5.97 Å². The summed E-state index contributed by atoms with van der Waals surface area (Å²) in [4.78, 5) is 27.8. The van der Waals surface area contributed by atoms with Crippen molar-refractivity contribution in [3.05, 3.63) is 69.9 Å². The third kappa shape index (κ3) is 3.31. The Hall–Kier alpha value is -2.66. The van der Waals surface area contributed by atoms with Crippen LogP contribution in [0.25, 0.3) is 10.4 Å². The fraction of sp³-hybridized carbons (Fsp3) is 0.304. The first-order valence-corrected chi connectivity index (χ1v) is 10.5. The molecule has 1 aromatic heterocycles. The number of ketones is 1. The largest absolute Gasteiger partial charge is 0.463 e. The molecular weight excluding hydrogens is 370 g/mol. The lowest BCUT2D eigenvalue weighted by atomic mass is 9.78. The van der Waals surface area contributed by atoms with Gasteiger partial charge < -0.3 is 10.1 Å². The molecule has 144 valence electrons. The zero-order valence-corrected chi connectivity index (χ0v) is 16.9. The van der Waals surface area contributed by atoms with Crippen LogP contribution < -0.4 is 5.32 Å². The average molecular weight is 394 g/mol. The normalized spacial score (nSPS) is 19.4. The van der Waals surface area contributed by atoms with Crippen LogP contribution in [0.15, 0.2) is 65.0 Å². The SMILES string of the molecule is CCOC(=O)C1=C(C)NC2=C(C(=O)CCC2)[C@H]1c1ccc(-c2ccccc2)s1. The van der Waals surface area contributed by atoms with Crippen molar-refractivity contribution >= 4 is 23.1 Å². The first kappa shape index (κ1) is 18.7. The van der Waals surface area contributed by atoms with E-state index in [-0.39, 0.29) is 17.7 Å². The van der Waals surface area contributed by atoms with Crippen molar-refractivity contribution in [2.24, 2.45) is 0 Å². The molecule has 0 spiro atoms. The number of esters is 1. The van der Waals surface area contributed by atoms with Crippen LogP contribution in [0, 0.1) is 0 Å². The van der Waals surface area contributed by atoms with E-state index < -0.39 is 0 Å².